The summed E-state index contributed by atoms with van der Waals surface area (Å²) in [5, 5.41) is 0. The second-order valence-electron chi connectivity index (χ2n) is 5.55. The third kappa shape index (κ3) is 4.43. The molecule has 1 amide bonds. The summed E-state index contributed by atoms with van der Waals surface area (Å²) >= 11 is 0. The molecule has 110 valence electrons. The molecule has 0 aliphatic rings. The maximum atomic E-state index is 11.8. The van der Waals surface area contributed by atoms with Gasteiger partial charge in [0, 0.05) is 32.7 Å². The molecule has 0 bridgehead atoms. The van der Waals surface area contributed by atoms with Crippen LogP contribution in [0.25, 0.3) is 0 Å². The average molecular weight is 282 g/mol. The van der Waals surface area contributed by atoms with Crippen LogP contribution in [-0.2, 0) is 13.1 Å². The van der Waals surface area contributed by atoms with Crippen molar-refractivity contribution in [2.75, 3.05) is 21.1 Å². The lowest BCUT2D eigenvalue weighted by molar-refractivity contribution is 0.0827. The maximum absolute atomic E-state index is 11.8. The Bertz CT molecular complexity index is 576. The molecule has 0 fully saturated rings. The fourth-order valence-electron chi connectivity index (χ4n) is 2.27. The molecule has 0 spiro atoms. The van der Waals surface area contributed by atoms with Crippen molar-refractivity contribution in [3.8, 4) is 0 Å². The summed E-state index contributed by atoms with van der Waals surface area (Å²) < 4.78 is 0. The topological polar surface area (TPSA) is 23.6 Å². The molecule has 0 radical (unpaired) electrons. The zero-order valence-corrected chi connectivity index (χ0v) is 12.9. The SMILES string of the molecule is CN(Cc1ccccc1)Cc1ccc(C(=O)N(C)C)cc1. The van der Waals surface area contributed by atoms with Crippen molar-refractivity contribution >= 4 is 5.91 Å². The van der Waals surface area contributed by atoms with E-state index in [-0.39, 0.29) is 5.91 Å². The van der Waals surface area contributed by atoms with E-state index in [1.54, 1.807) is 19.0 Å². The zero-order valence-electron chi connectivity index (χ0n) is 12.9. The van der Waals surface area contributed by atoms with Crippen molar-refractivity contribution < 1.29 is 4.79 Å². The summed E-state index contributed by atoms with van der Waals surface area (Å²) in [6, 6.07) is 18.3. The largest absolute Gasteiger partial charge is 0.345 e. The summed E-state index contributed by atoms with van der Waals surface area (Å²) in [5.41, 5.74) is 3.25. The van der Waals surface area contributed by atoms with Gasteiger partial charge in [-0.1, -0.05) is 42.5 Å². The predicted octanol–water partition coefficient (Wildman–Crippen LogP) is 3.02. The second-order valence-corrected chi connectivity index (χ2v) is 5.55. The molecule has 3 nitrogen and oxygen atoms in total. The summed E-state index contributed by atoms with van der Waals surface area (Å²) in [6.45, 7) is 1.78. The van der Waals surface area contributed by atoms with E-state index in [2.05, 4.69) is 36.2 Å². The van der Waals surface area contributed by atoms with Gasteiger partial charge in [0.25, 0.3) is 5.91 Å². The second kappa shape index (κ2) is 7.04. The van der Waals surface area contributed by atoms with Gasteiger partial charge in [0.1, 0.15) is 0 Å². The average Bonchev–Trinajstić information content (AvgIpc) is 2.48. The van der Waals surface area contributed by atoms with Gasteiger partial charge in [0.2, 0.25) is 0 Å². The van der Waals surface area contributed by atoms with Crippen molar-refractivity contribution in [3.63, 3.8) is 0 Å². The van der Waals surface area contributed by atoms with E-state index in [0.717, 1.165) is 18.7 Å². The Morgan fingerprint density at radius 1 is 0.810 bits per heavy atom. The Morgan fingerprint density at radius 2 is 1.33 bits per heavy atom. The van der Waals surface area contributed by atoms with Crippen molar-refractivity contribution in [2.45, 2.75) is 13.1 Å². The number of amides is 1. The molecule has 2 aromatic carbocycles. The van der Waals surface area contributed by atoms with Gasteiger partial charge in [-0.3, -0.25) is 9.69 Å². The Balaban J connectivity index is 1.95. The first kappa shape index (κ1) is 15.3. The molecular weight excluding hydrogens is 260 g/mol. The molecule has 3 heteroatoms. The van der Waals surface area contributed by atoms with Gasteiger partial charge in [-0.15, -0.1) is 0 Å². The van der Waals surface area contributed by atoms with E-state index in [9.17, 15) is 4.79 Å². The number of nitrogens with zero attached hydrogens (tertiary/aromatic N) is 2. The monoisotopic (exact) mass is 282 g/mol. The van der Waals surface area contributed by atoms with Gasteiger partial charge >= 0.3 is 0 Å². The molecule has 0 N–H and O–H groups in total. The Kier molecular flexibility index (Phi) is 5.12. The van der Waals surface area contributed by atoms with Crippen LogP contribution in [0.1, 0.15) is 21.5 Å². The normalized spacial score (nSPS) is 10.7. The zero-order chi connectivity index (χ0) is 15.2. The highest BCUT2D eigenvalue weighted by Gasteiger charge is 2.08. The number of hydrogen-bond acceptors (Lipinski definition) is 2. The van der Waals surface area contributed by atoms with Gasteiger partial charge in [0.15, 0.2) is 0 Å². The lowest BCUT2D eigenvalue weighted by atomic mass is 10.1. The van der Waals surface area contributed by atoms with Gasteiger partial charge in [-0.2, -0.15) is 0 Å². The smallest absolute Gasteiger partial charge is 0.253 e. The van der Waals surface area contributed by atoms with Crippen LogP contribution in [-0.4, -0.2) is 36.9 Å². The third-order valence-corrected chi connectivity index (χ3v) is 3.35. The molecule has 0 unspecified atom stereocenters. The van der Waals surface area contributed by atoms with Crippen molar-refractivity contribution in [2.24, 2.45) is 0 Å². The van der Waals surface area contributed by atoms with E-state index in [4.69, 9.17) is 0 Å². The molecular formula is C18H22N2O. The highest BCUT2D eigenvalue weighted by atomic mass is 16.2. The molecule has 0 aliphatic heterocycles. The maximum Gasteiger partial charge on any atom is 0.253 e. The van der Waals surface area contributed by atoms with Crippen LogP contribution in [0, 0.1) is 0 Å². The molecule has 2 rings (SSSR count). The summed E-state index contributed by atoms with van der Waals surface area (Å²) in [4.78, 5) is 15.7. The summed E-state index contributed by atoms with van der Waals surface area (Å²) in [6.07, 6.45) is 0. The van der Waals surface area contributed by atoms with Crippen LogP contribution in [0.3, 0.4) is 0 Å². The highest BCUT2D eigenvalue weighted by Crippen LogP contribution is 2.10. The van der Waals surface area contributed by atoms with Crippen molar-refractivity contribution in [1.82, 2.24) is 9.80 Å². The Labute approximate surface area is 126 Å². The number of carbonyl (C=O) groups is 1. The van der Waals surface area contributed by atoms with Gasteiger partial charge in [-0.25, -0.2) is 0 Å². The Morgan fingerprint density at radius 3 is 1.86 bits per heavy atom. The van der Waals surface area contributed by atoms with E-state index in [0.29, 0.717) is 0 Å². The van der Waals surface area contributed by atoms with E-state index < -0.39 is 0 Å². The first-order valence-electron chi connectivity index (χ1n) is 7.09. The molecule has 0 saturated heterocycles. The predicted molar refractivity (Wildman–Crippen MR) is 86.1 cm³/mol. The highest BCUT2D eigenvalue weighted by molar-refractivity contribution is 5.93. The number of benzene rings is 2. The standard InChI is InChI=1S/C18H22N2O/c1-19(2)18(21)17-11-9-16(10-12-17)14-20(3)13-15-7-5-4-6-8-15/h4-12H,13-14H2,1-3H3. The molecule has 0 aromatic heterocycles. The number of hydrogen-bond donors (Lipinski definition) is 0. The molecule has 0 atom stereocenters. The molecule has 2 aromatic rings. The minimum atomic E-state index is 0.0409. The van der Waals surface area contributed by atoms with Gasteiger partial charge in [-0.05, 0) is 30.3 Å². The van der Waals surface area contributed by atoms with E-state index in [1.807, 2.05) is 30.3 Å². The van der Waals surface area contributed by atoms with Crippen LogP contribution in [0.2, 0.25) is 0 Å². The van der Waals surface area contributed by atoms with Gasteiger partial charge < -0.3 is 4.90 Å². The van der Waals surface area contributed by atoms with Crippen LogP contribution >= 0.6 is 0 Å². The minimum Gasteiger partial charge on any atom is -0.345 e. The van der Waals surface area contributed by atoms with Crippen LogP contribution in [0.4, 0.5) is 0 Å². The first-order chi connectivity index (χ1) is 10.1. The number of carbonyl (C=O) groups excluding carboxylic acids is 1. The van der Waals surface area contributed by atoms with Crippen LogP contribution in [0.15, 0.2) is 54.6 Å². The van der Waals surface area contributed by atoms with E-state index in [1.165, 1.54) is 11.1 Å². The molecule has 21 heavy (non-hydrogen) atoms. The minimum absolute atomic E-state index is 0.0409. The quantitative estimate of drug-likeness (QED) is 0.841. The lowest BCUT2D eigenvalue weighted by Gasteiger charge is -2.17. The molecule has 0 heterocycles. The molecule has 0 saturated carbocycles. The van der Waals surface area contributed by atoms with Crippen LogP contribution < -0.4 is 0 Å². The summed E-state index contributed by atoms with van der Waals surface area (Å²) in [5.74, 6) is 0.0409. The summed E-state index contributed by atoms with van der Waals surface area (Å²) in [7, 11) is 5.64. The number of rotatable bonds is 5. The van der Waals surface area contributed by atoms with Crippen molar-refractivity contribution in [1.29, 1.82) is 0 Å². The lowest BCUT2D eigenvalue weighted by Crippen LogP contribution is -2.21. The molecule has 0 aliphatic carbocycles. The first-order valence-corrected chi connectivity index (χ1v) is 7.09. The van der Waals surface area contributed by atoms with Gasteiger partial charge in [0.05, 0.1) is 0 Å². The van der Waals surface area contributed by atoms with Crippen molar-refractivity contribution in [3.05, 3.63) is 71.3 Å². The van der Waals surface area contributed by atoms with Crippen LogP contribution in [0.5, 0.6) is 0 Å². The fourth-order valence-corrected chi connectivity index (χ4v) is 2.27. The fraction of sp³-hybridized carbons (Fsp3) is 0.278. The Hall–Kier alpha value is -2.13. The third-order valence-electron chi connectivity index (χ3n) is 3.35. The van der Waals surface area contributed by atoms with E-state index >= 15 is 0 Å².